The second-order valence-electron chi connectivity index (χ2n) is 6.42. The quantitative estimate of drug-likeness (QED) is 0.761. The third-order valence-electron chi connectivity index (χ3n) is 4.45. The zero-order valence-corrected chi connectivity index (χ0v) is 11.6. The monoisotopic (exact) mass is 235 g/mol. The van der Waals surface area contributed by atoms with E-state index in [2.05, 4.69) is 30.4 Å². The predicted octanol–water partition coefficient (Wildman–Crippen LogP) is 2.87. The minimum Gasteiger partial charge on any atom is -0.334 e. The Bertz CT molecular complexity index is 406. The maximum atomic E-state index is 6.65. The van der Waals surface area contributed by atoms with Gasteiger partial charge in [-0.05, 0) is 38.0 Å². The average molecular weight is 235 g/mol. The van der Waals surface area contributed by atoms with Crippen molar-refractivity contribution in [3.05, 3.63) is 17.7 Å². The van der Waals surface area contributed by atoms with Gasteiger partial charge in [-0.2, -0.15) is 0 Å². The maximum Gasteiger partial charge on any atom is 0.105 e. The van der Waals surface area contributed by atoms with E-state index >= 15 is 0 Å². The maximum absolute atomic E-state index is 6.65. The van der Waals surface area contributed by atoms with Crippen LogP contribution in [0.25, 0.3) is 0 Å². The number of imidazole rings is 1. The zero-order valence-electron chi connectivity index (χ0n) is 11.6. The van der Waals surface area contributed by atoms with Gasteiger partial charge in [0, 0.05) is 7.05 Å². The van der Waals surface area contributed by atoms with Crippen molar-refractivity contribution in [2.45, 2.75) is 58.4 Å². The van der Waals surface area contributed by atoms with E-state index in [0.717, 1.165) is 18.7 Å². The number of aromatic nitrogens is 2. The van der Waals surface area contributed by atoms with Gasteiger partial charge < -0.3 is 10.3 Å². The van der Waals surface area contributed by atoms with Gasteiger partial charge in [0.2, 0.25) is 0 Å². The van der Waals surface area contributed by atoms with E-state index in [4.69, 9.17) is 5.73 Å². The van der Waals surface area contributed by atoms with Crippen LogP contribution in [0, 0.1) is 12.3 Å². The SMILES string of the molecule is Cc1ncc(C2(N)CCCC(C)(C)CC2)n1C. The molecule has 1 atom stereocenters. The average Bonchev–Trinajstić information content (AvgIpc) is 2.50. The predicted molar refractivity (Wildman–Crippen MR) is 70.7 cm³/mol. The summed E-state index contributed by atoms with van der Waals surface area (Å²) in [6.45, 7) is 6.74. The number of aryl methyl sites for hydroxylation is 1. The highest BCUT2D eigenvalue weighted by Gasteiger charge is 2.35. The number of nitrogens with two attached hydrogens (primary N) is 1. The van der Waals surface area contributed by atoms with Gasteiger partial charge in [-0.1, -0.05) is 20.3 Å². The van der Waals surface area contributed by atoms with Crippen LogP contribution < -0.4 is 5.73 Å². The fourth-order valence-electron chi connectivity index (χ4n) is 2.91. The summed E-state index contributed by atoms with van der Waals surface area (Å²) in [5, 5.41) is 0. The second kappa shape index (κ2) is 4.13. The summed E-state index contributed by atoms with van der Waals surface area (Å²) in [6, 6.07) is 0. The minimum atomic E-state index is -0.177. The Balaban J connectivity index is 2.27. The lowest BCUT2D eigenvalue weighted by atomic mass is 9.83. The Labute approximate surface area is 104 Å². The Morgan fingerprint density at radius 2 is 1.94 bits per heavy atom. The van der Waals surface area contributed by atoms with Crippen molar-refractivity contribution in [3.8, 4) is 0 Å². The van der Waals surface area contributed by atoms with E-state index in [9.17, 15) is 0 Å². The smallest absolute Gasteiger partial charge is 0.105 e. The molecule has 1 heterocycles. The highest BCUT2D eigenvalue weighted by Crippen LogP contribution is 2.41. The molecule has 0 radical (unpaired) electrons. The number of rotatable bonds is 1. The summed E-state index contributed by atoms with van der Waals surface area (Å²) in [4.78, 5) is 4.39. The van der Waals surface area contributed by atoms with Gasteiger partial charge in [-0.25, -0.2) is 4.98 Å². The molecule has 0 spiro atoms. The first-order valence-corrected chi connectivity index (χ1v) is 6.62. The molecule has 1 aromatic heterocycles. The molecule has 17 heavy (non-hydrogen) atoms. The molecule has 1 saturated carbocycles. The molecular weight excluding hydrogens is 210 g/mol. The molecule has 96 valence electrons. The molecule has 0 saturated heterocycles. The summed E-state index contributed by atoms with van der Waals surface area (Å²) < 4.78 is 2.15. The van der Waals surface area contributed by atoms with Crippen molar-refractivity contribution in [3.63, 3.8) is 0 Å². The number of hydrogen-bond acceptors (Lipinski definition) is 2. The van der Waals surface area contributed by atoms with Gasteiger partial charge in [0.1, 0.15) is 5.82 Å². The van der Waals surface area contributed by atoms with Crippen LogP contribution in [0.3, 0.4) is 0 Å². The van der Waals surface area contributed by atoms with Crippen LogP contribution in [0.1, 0.15) is 57.5 Å². The second-order valence-corrected chi connectivity index (χ2v) is 6.42. The molecule has 1 fully saturated rings. The first kappa shape index (κ1) is 12.6. The standard InChI is InChI=1S/C14H25N3/c1-11-16-10-12(17(11)4)14(15)7-5-6-13(2,3)8-9-14/h10H,5-9,15H2,1-4H3. The Morgan fingerprint density at radius 3 is 2.53 bits per heavy atom. The lowest BCUT2D eigenvalue weighted by molar-refractivity contribution is 0.295. The van der Waals surface area contributed by atoms with Crippen LogP contribution in [0.2, 0.25) is 0 Å². The summed E-state index contributed by atoms with van der Waals surface area (Å²) >= 11 is 0. The third kappa shape index (κ3) is 2.39. The first-order chi connectivity index (χ1) is 7.84. The summed E-state index contributed by atoms with van der Waals surface area (Å²) in [5.41, 5.74) is 8.12. The highest BCUT2D eigenvalue weighted by molar-refractivity contribution is 5.16. The number of nitrogens with zero attached hydrogens (tertiary/aromatic N) is 2. The largest absolute Gasteiger partial charge is 0.334 e. The fraction of sp³-hybridized carbons (Fsp3) is 0.786. The van der Waals surface area contributed by atoms with Crippen molar-refractivity contribution in [2.24, 2.45) is 18.2 Å². The molecule has 1 aliphatic carbocycles. The van der Waals surface area contributed by atoms with Crippen molar-refractivity contribution in [2.75, 3.05) is 0 Å². The zero-order chi connectivity index (χ0) is 12.7. The fourth-order valence-corrected chi connectivity index (χ4v) is 2.91. The Kier molecular flexibility index (Phi) is 3.06. The van der Waals surface area contributed by atoms with Gasteiger partial charge in [0.25, 0.3) is 0 Å². The lowest BCUT2D eigenvalue weighted by Crippen LogP contribution is -2.38. The van der Waals surface area contributed by atoms with Crippen LogP contribution in [-0.4, -0.2) is 9.55 Å². The van der Waals surface area contributed by atoms with Crippen molar-refractivity contribution >= 4 is 0 Å². The Morgan fingerprint density at radius 1 is 1.24 bits per heavy atom. The third-order valence-corrected chi connectivity index (χ3v) is 4.45. The van der Waals surface area contributed by atoms with Gasteiger partial charge >= 0.3 is 0 Å². The number of hydrogen-bond donors (Lipinski definition) is 1. The molecular formula is C14H25N3. The first-order valence-electron chi connectivity index (χ1n) is 6.62. The Hall–Kier alpha value is -0.830. The van der Waals surface area contributed by atoms with Gasteiger partial charge in [0.15, 0.2) is 0 Å². The summed E-state index contributed by atoms with van der Waals surface area (Å²) in [6.07, 6.45) is 7.81. The highest BCUT2D eigenvalue weighted by atomic mass is 15.1. The minimum absolute atomic E-state index is 0.177. The van der Waals surface area contributed by atoms with Crippen molar-refractivity contribution < 1.29 is 0 Å². The molecule has 3 nitrogen and oxygen atoms in total. The van der Waals surface area contributed by atoms with Crippen LogP contribution in [0.15, 0.2) is 6.20 Å². The molecule has 1 unspecified atom stereocenters. The van der Waals surface area contributed by atoms with E-state index < -0.39 is 0 Å². The van der Waals surface area contributed by atoms with Crippen LogP contribution in [0.4, 0.5) is 0 Å². The van der Waals surface area contributed by atoms with Crippen LogP contribution >= 0.6 is 0 Å². The van der Waals surface area contributed by atoms with Gasteiger partial charge in [0.05, 0.1) is 17.4 Å². The van der Waals surface area contributed by atoms with E-state index in [0.29, 0.717) is 5.41 Å². The van der Waals surface area contributed by atoms with Gasteiger partial charge in [-0.15, -0.1) is 0 Å². The molecule has 3 heteroatoms. The van der Waals surface area contributed by atoms with E-state index in [-0.39, 0.29) is 5.54 Å². The summed E-state index contributed by atoms with van der Waals surface area (Å²) in [7, 11) is 2.07. The van der Waals surface area contributed by atoms with Gasteiger partial charge in [-0.3, -0.25) is 0 Å². The van der Waals surface area contributed by atoms with E-state index in [1.807, 2.05) is 13.1 Å². The van der Waals surface area contributed by atoms with E-state index in [1.54, 1.807) is 0 Å². The molecule has 1 aliphatic rings. The molecule has 2 rings (SSSR count). The lowest BCUT2D eigenvalue weighted by Gasteiger charge is -2.29. The molecule has 0 amide bonds. The molecule has 0 aliphatic heterocycles. The molecule has 0 bridgehead atoms. The molecule has 0 aromatic carbocycles. The van der Waals surface area contributed by atoms with E-state index in [1.165, 1.54) is 25.0 Å². The van der Waals surface area contributed by atoms with Crippen LogP contribution in [0.5, 0.6) is 0 Å². The van der Waals surface area contributed by atoms with Crippen LogP contribution in [-0.2, 0) is 12.6 Å². The van der Waals surface area contributed by atoms with Crippen molar-refractivity contribution in [1.29, 1.82) is 0 Å². The summed E-state index contributed by atoms with van der Waals surface area (Å²) in [5.74, 6) is 1.05. The molecule has 2 N–H and O–H groups in total. The normalized spacial score (nSPS) is 29.0. The van der Waals surface area contributed by atoms with Crippen molar-refractivity contribution in [1.82, 2.24) is 9.55 Å². The molecule has 1 aromatic rings. The topological polar surface area (TPSA) is 43.8 Å².